The highest BCUT2D eigenvalue weighted by atomic mass is 31.2. The Labute approximate surface area is 98.8 Å². The highest BCUT2D eigenvalue weighted by molar-refractivity contribution is 7.50. The SMILES string of the molecule is CCOP(/C=C/C1CCC(OC)O1)OCC. The number of rotatable bonds is 7. The van der Waals surface area contributed by atoms with E-state index in [0.717, 1.165) is 12.8 Å². The van der Waals surface area contributed by atoms with Crippen molar-refractivity contribution in [3.05, 3.63) is 11.9 Å². The topological polar surface area (TPSA) is 36.9 Å². The van der Waals surface area contributed by atoms with Crippen LogP contribution in [-0.2, 0) is 18.5 Å². The molecule has 0 aromatic carbocycles. The normalized spacial score (nSPS) is 26.0. The Hall–Kier alpha value is 0.0100. The third-order valence-corrected chi connectivity index (χ3v) is 3.65. The Kier molecular flexibility index (Phi) is 7.17. The maximum absolute atomic E-state index is 5.61. The molecule has 16 heavy (non-hydrogen) atoms. The van der Waals surface area contributed by atoms with E-state index in [4.69, 9.17) is 18.5 Å². The summed E-state index contributed by atoms with van der Waals surface area (Å²) in [5.74, 6) is 1.98. The molecule has 2 unspecified atom stereocenters. The molecule has 0 aromatic heterocycles. The molecule has 0 N–H and O–H groups in total. The predicted octanol–water partition coefficient (Wildman–Crippen LogP) is 3.04. The molecule has 1 saturated heterocycles. The van der Waals surface area contributed by atoms with Crippen molar-refractivity contribution in [3.63, 3.8) is 0 Å². The lowest BCUT2D eigenvalue weighted by Gasteiger charge is -2.12. The summed E-state index contributed by atoms with van der Waals surface area (Å²) in [4.78, 5) is 0. The molecule has 1 heterocycles. The molecule has 0 aliphatic carbocycles. The lowest BCUT2D eigenvalue weighted by molar-refractivity contribution is -0.104. The molecule has 1 aliphatic rings. The van der Waals surface area contributed by atoms with E-state index in [2.05, 4.69) is 0 Å². The second-order valence-corrected chi connectivity index (χ2v) is 4.76. The zero-order valence-corrected chi connectivity index (χ0v) is 11.1. The van der Waals surface area contributed by atoms with Crippen LogP contribution in [0.3, 0.4) is 0 Å². The third-order valence-electron chi connectivity index (χ3n) is 2.21. The van der Waals surface area contributed by atoms with Gasteiger partial charge in [-0.25, -0.2) is 0 Å². The van der Waals surface area contributed by atoms with Gasteiger partial charge in [0, 0.05) is 13.5 Å². The summed E-state index contributed by atoms with van der Waals surface area (Å²) in [6.07, 6.45) is 4.05. The molecule has 0 saturated carbocycles. The molecule has 0 spiro atoms. The molecule has 1 fully saturated rings. The summed E-state index contributed by atoms with van der Waals surface area (Å²) in [6.45, 7) is 5.27. The van der Waals surface area contributed by atoms with Gasteiger partial charge in [0.25, 0.3) is 0 Å². The van der Waals surface area contributed by atoms with Crippen molar-refractivity contribution in [2.24, 2.45) is 0 Å². The second-order valence-electron chi connectivity index (χ2n) is 3.38. The average molecular weight is 248 g/mol. The van der Waals surface area contributed by atoms with Crippen LogP contribution in [0.5, 0.6) is 0 Å². The van der Waals surface area contributed by atoms with Gasteiger partial charge in [0.2, 0.25) is 0 Å². The summed E-state index contributed by atoms with van der Waals surface area (Å²) in [5.41, 5.74) is 0. The van der Waals surface area contributed by atoms with Gasteiger partial charge in [-0.05, 0) is 26.1 Å². The van der Waals surface area contributed by atoms with Crippen LogP contribution in [0.15, 0.2) is 11.9 Å². The first-order valence-corrected chi connectivity index (χ1v) is 6.96. The lowest BCUT2D eigenvalue weighted by Crippen LogP contribution is -2.10. The minimum Gasteiger partial charge on any atom is -0.356 e. The molecule has 0 radical (unpaired) electrons. The van der Waals surface area contributed by atoms with Gasteiger partial charge in [-0.1, -0.05) is 6.08 Å². The zero-order valence-electron chi connectivity index (χ0n) is 10.2. The maximum atomic E-state index is 5.61. The van der Waals surface area contributed by atoms with Crippen molar-refractivity contribution < 1.29 is 18.5 Å². The molecule has 94 valence electrons. The van der Waals surface area contributed by atoms with Crippen LogP contribution in [-0.4, -0.2) is 32.7 Å². The van der Waals surface area contributed by atoms with Crippen LogP contribution < -0.4 is 0 Å². The van der Waals surface area contributed by atoms with Crippen molar-refractivity contribution in [1.82, 2.24) is 0 Å². The van der Waals surface area contributed by atoms with Crippen LogP contribution in [0, 0.1) is 0 Å². The van der Waals surface area contributed by atoms with Gasteiger partial charge in [-0.3, -0.25) is 0 Å². The molecule has 1 aliphatic heterocycles. The Morgan fingerprint density at radius 2 is 1.94 bits per heavy atom. The van der Waals surface area contributed by atoms with E-state index in [1.165, 1.54) is 0 Å². The minimum absolute atomic E-state index is 0.0555. The standard InChI is InChI=1S/C11H21O4P/c1-4-13-16(14-5-2)9-8-10-6-7-11(12-3)15-10/h8-11H,4-7H2,1-3H3/b9-8+. The fourth-order valence-corrected chi connectivity index (χ4v) is 2.58. The van der Waals surface area contributed by atoms with Crippen LogP contribution in [0.2, 0.25) is 0 Å². The Balaban J connectivity index is 2.32. The van der Waals surface area contributed by atoms with E-state index in [1.54, 1.807) is 7.11 Å². The Bertz CT molecular complexity index is 204. The quantitative estimate of drug-likeness (QED) is 0.649. The molecule has 0 aromatic rings. The van der Waals surface area contributed by atoms with Crippen LogP contribution in [0.25, 0.3) is 0 Å². The maximum Gasteiger partial charge on any atom is 0.197 e. The summed E-state index contributed by atoms with van der Waals surface area (Å²) in [5, 5.41) is 0. The first-order chi connectivity index (χ1) is 7.80. The van der Waals surface area contributed by atoms with Crippen LogP contribution in [0.1, 0.15) is 26.7 Å². The van der Waals surface area contributed by atoms with Crippen LogP contribution in [0.4, 0.5) is 0 Å². The summed E-state index contributed by atoms with van der Waals surface area (Å²) >= 11 is 0. The highest BCUT2D eigenvalue weighted by Crippen LogP contribution is 2.40. The second kappa shape index (κ2) is 8.15. The largest absolute Gasteiger partial charge is 0.356 e. The fraction of sp³-hybridized carbons (Fsp3) is 0.818. The van der Waals surface area contributed by atoms with Crippen LogP contribution >= 0.6 is 8.38 Å². The molecular weight excluding hydrogens is 227 g/mol. The zero-order chi connectivity index (χ0) is 11.8. The lowest BCUT2D eigenvalue weighted by atomic mass is 10.2. The smallest absolute Gasteiger partial charge is 0.197 e. The van der Waals surface area contributed by atoms with Gasteiger partial charge in [0.15, 0.2) is 14.7 Å². The van der Waals surface area contributed by atoms with Crippen molar-refractivity contribution in [2.75, 3.05) is 20.3 Å². The summed E-state index contributed by atoms with van der Waals surface area (Å²) < 4.78 is 21.7. The first kappa shape index (κ1) is 14.1. The number of hydrogen-bond donors (Lipinski definition) is 0. The van der Waals surface area contributed by atoms with E-state index in [9.17, 15) is 0 Å². The molecule has 0 amide bonds. The van der Waals surface area contributed by atoms with E-state index in [1.807, 2.05) is 25.7 Å². The van der Waals surface area contributed by atoms with Gasteiger partial charge in [-0.2, -0.15) is 0 Å². The molecule has 4 nitrogen and oxygen atoms in total. The summed E-state index contributed by atoms with van der Waals surface area (Å²) in [7, 11) is 0.774. The van der Waals surface area contributed by atoms with Crippen molar-refractivity contribution in [1.29, 1.82) is 0 Å². The van der Waals surface area contributed by atoms with Crippen molar-refractivity contribution in [2.45, 2.75) is 39.1 Å². The number of methoxy groups -OCH3 is 1. The van der Waals surface area contributed by atoms with E-state index < -0.39 is 8.38 Å². The highest BCUT2D eigenvalue weighted by Gasteiger charge is 2.23. The minimum atomic E-state index is -0.897. The Morgan fingerprint density at radius 1 is 1.25 bits per heavy atom. The monoisotopic (exact) mass is 248 g/mol. The van der Waals surface area contributed by atoms with Gasteiger partial charge in [0.1, 0.15) is 0 Å². The molecular formula is C11H21O4P. The van der Waals surface area contributed by atoms with E-state index in [0.29, 0.717) is 13.2 Å². The first-order valence-electron chi connectivity index (χ1n) is 5.71. The van der Waals surface area contributed by atoms with Crippen molar-refractivity contribution in [3.8, 4) is 0 Å². The Morgan fingerprint density at radius 3 is 2.44 bits per heavy atom. The van der Waals surface area contributed by atoms with Gasteiger partial charge < -0.3 is 18.5 Å². The molecule has 1 rings (SSSR count). The van der Waals surface area contributed by atoms with E-state index >= 15 is 0 Å². The van der Waals surface area contributed by atoms with E-state index in [-0.39, 0.29) is 12.4 Å². The van der Waals surface area contributed by atoms with Crippen molar-refractivity contribution >= 4 is 8.38 Å². The fourth-order valence-electron chi connectivity index (χ4n) is 1.49. The third kappa shape index (κ3) is 4.89. The number of ether oxygens (including phenoxy) is 2. The van der Waals surface area contributed by atoms with Gasteiger partial charge in [-0.15, -0.1) is 0 Å². The average Bonchev–Trinajstić information content (AvgIpc) is 2.74. The molecule has 5 heteroatoms. The van der Waals surface area contributed by atoms with Gasteiger partial charge in [0.05, 0.1) is 19.3 Å². The predicted molar refractivity (Wildman–Crippen MR) is 64.2 cm³/mol. The summed E-state index contributed by atoms with van der Waals surface area (Å²) in [6, 6.07) is 0. The molecule has 0 bridgehead atoms. The van der Waals surface area contributed by atoms with Gasteiger partial charge >= 0.3 is 0 Å². The number of hydrogen-bond acceptors (Lipinski definition) is 4. The molecule has 2 atom stereocenters.